The number of hydrogen-bond acceptors (Lipinski definition) is 6. The molecule has 8 heteroatoms. The summed E-state index contributed by atoms with van der Waals surface area (Å²) in [5, 5.41) is 8.86. The quantitative estimate of drug-likeness (QED) is 0.332. The maximum Gasteiger partial charge on any atom is 0.254 e. The van der Waals surface area contributed by atoms with Crippen molar-refractivity contribution in [3.63, 3.8) is 0 Å². The molecule has 1 saturated heterocycles. The molecule has 3 aromatic carbocycles. The summed E-state index contributed by atoms with van der Waals surface area (Å²) in [7, 11) is 1.64. The Kier molecular flexibility index (Phi) is 8.35. The molecule has 1 fully saturated rings. The lowest BCUT2D eigenvalue weighted by molar-refractivity contribution is -0.132. The molecule has 2 heterocycles. The molecule has 0 unspecified atom stereocenters. The van der Waals surface area contributed by atoms with E-state index in [-0.39, 0.29) is 18.4 Å². The van der Waals surface area contributed by atoms with Crippen molar-refractivity contribution >= 4 is 17.6 Å². The fourth-order valence-electron chi connectivity index (χ4n) is 4.86. The third-order valence-electron chi connectivity index (χ3n) is 7.18. The number of hydrogen-bond donors (Lipinski definition) is 0. The Hall–Kier alpha value is -4.72. The van der Waals surface area contributed by atoms with Gasteiger partial charge in [0.2, 0.25) is 5.91 Å². The zero-order valence-corrected chi connectivity index (χ0v) is 22.9. The number of carbonyl (C=O) groups is 2. The van der Waals surface area contributed by atoms with Crippen molar-refractivity contribution in [3.05, 3.63) is 108 Å². The topological polar surface area (TPSA) is 78.9 Å². The number of anilines is 1. The Labute approximate surface area is 234 Å². The lowest BCUT2D eigenvalue weighted by Crippen LogP contribution is -2.52. The molecule has 1 aliphatic heterocycles. The Balaban J connectivity index is 1.22. The Bertz CT molecular complexity index is 1450. The maximum atomic E-state index is 13.5. The van der Waals surface area contributed by atoms with Gasteiger partial charge in [0.25, 0.3) is 5.91 Å². The lowest BCUT2D eigenvalue weighted by atomic mass is 10.1. The van der Waals surface area contributed by atoms with Crippen LogP contribution in [-0.4, -0.2) is 71.6 Å². The molecule has 40 heavy (non-hydrogen) atoms. The largest absolute Gasteiger partial charge is 0.497 e. The van der Waals surface area contributed by atoms with Gasteiger partial charge in [-0.1, -0.05) is 60.7 Å². The molecule has 0 radical (unpaired) electrons. The van der Waals surface area contributed by atoms with Crippen molar-refractivity contribution in [2.75, 3.05) is 44.7 Å². The third kappa shape index (κ3) is 6.29. The number of aryl methyl sites for hydroxylation is 1. The van der Waals surface area contributed by atoms with Gasteiger partial charge in [-0.2, -0.15) is 0 Å². The summed E-state index contributed by atoms with van der Waals surface area (Å²) in [6.07, 6.45) is 0. The number of nitrogens with zero attached hydrogens (tertiary/aromatic N) is 5. The van der Waals surface area contributed by atoms with Crippen LogP contribution in [0.3, 0.4) is 0 Å². The predicted molar refractivity (Wildman–Crippen MR) is 155 cm³/mol. The monoisotopic (exact) mass is 535 g/mol. The van der Waals surface area contributed by atoms with Gasteiger partial charge >= 0.3 is 0 Å². The van der Waals surface area contributed by atoms with E-state index in [1.54, 1.807) is 12.0 Å². The summed E-state index contributed by atoms with van der Waals surface area (Å²) in [5.41, 5.74) is 4.21. The molecule has 8 nitrogen and oxygen atoms in total. The van der Waals surface area contributed by atoms with Gasteiger partial charge in [-0.3, -0.25) is 9.59 Å². The molecule has 0 bridgehead atoms. The van der Waals surface area contributed by atoms with E-state index in [0.717, 1.165) is 34.0 Å². The van der Waals surface area contributed by atoms with E-state index in [9.17, 15) is 9.59 Å². The number of methoxy groups -OCH3 is 1. The first-order valence-electron chi connectivity index (χ1n) is 13.4. The predicted octanol–water partition coefficient (Wildman–Crippen LogP) is 4.45. The van der Waals surface area contributed by atoms with Gasteiger partial charge in [0.1, 0.15) is 12.3 Å². The highest BCUT2D eigenvalue weighted by atomic mass is 16.5. The van der Waals surface area contributed by atoms with E-state index in [1.165, 1.54) is 0 Å². The lowest BCUT2D eigenvalue weighted by Gasteiger charge is -2.36. The molecule has 1 aromatic heterocycles. The number of ether oxygens (including phenoxy) is 1. The number of carbonyl (C=O) groups excluding carboxylic acids is 2. The highest BCUT2D eigenvalue weighted by Gasteiger charge is 2.26. The van der Waals surface area contributed by atoms with Gasteiger partial charge in [0.15, 0.2) is 5.82 Å². The molecular weight excluding hydrogens is 502 g/mol. The number of amides is 2. The van der Waals surface area contributed by atoms with Gasteiger partial charge in [-0.15, -0.1) is 10.2 Å². The molecule has 0 aliphatic carbocycles. The van der Waals surface area contributed by atoms with Crippen LogP contribution in [0.15, 0.2) is 91.0 Å². The van der Waals surface area contributed by atoms with Crippen LogP contribution in [0.25, 0.3) is 11.3 Å². The fraction of sp³-hybridized carbons (Fsp3) is 0.250. The Morgan fingerprint density at radius 2 is 1.60 bits per heavy atom. The van der Waals surface area contributed by atoms with E-state index in [1.807, 2.05) is 103 Å². The van der Waals surface area contributed by atoms with E-state index >= 15 is 0 Å². The summed E-state index contributed by atoms with van der Waals surface area (Å²) in [6.45, 7) is 4.70. The first-order valence-corrected chi connectivity index (χ1v) is 13.4. The van der Waals surface area contributed by atoms with Crippen molar-refractivity contribution in [1.29, 1.82) is 0 Å². The zero-order chi connectivity index (χ0) is 27.9. The summed E-state index contributed by atoms with van der Waals surface area (Å²) in [4.78, 5) is 32.5. The highest BCUT2D eigenvalue weighted by molar-refractivity contribution is 5.97. The molecule has 4 aromatic rings. The van der Waals surface area contributed by atoms with E-state index < -0.39 is 0 Å². The fourth-order valence-corrected chi connectivity index (χ4v) is 4.86. The van der Waals surface area contributed by atoms with Crippen molar-refractivity contribution < 1.29 is 14.3 Å². The van der Waals surface area contributed by atoms with Gasteiger partial charge < -0.3 is 19.4 Å². The average molecular weight is 536 g/mol. The minimum atomic E-state index is -0.139. The van der Waals surface area contributed by atoms with Crippen LogP contribution in [-0.2, 0) is 11.3 Å². The molecule has 204 valence electrons. The normalized spacial score (nSPS) is 13.2. The van der Waals surface area contributed by atoms with E-state index in [4.69, 9.17) is 4.74 Å². The second-order valence-corrected chi connectivity index (χ2v) is 9.84. The second-order valence-electron chi connectivity index (χ2n) is 9.84. The van der Waals surface area contributed by atoms with Crippen LogP contribution >= 0.6 is 0 Å². The van der Waals surface area contributed by atoms with Crippen molar-refractivity contribution in [3.8, 4) is 17.0 Å². The van der Waals surface area contributed by atoms with Gasteiger partial charge in [0, 0.05) is 43.9 Å². The summed E-state index contributed by atoms with van der Waals surface area (Å²) in [5.74, 6) is 1.35. The summed E-state index contributed by atoms with van der Waals surface area (Å²) in [6, 6.07) is 28.9. The van der Waals surface area contributed by atoms with Crippen molar-refractivity contribution in [2.45, 2.75) is 13.5 Å². The van der Waals surface area contributed by atoms with E-state index in [2.05, 4.69) is 15.1 Å². The van der Waals surface area contributed by atoms with Gasteiger partial charge in [0.05, 0.1) is 12.8 Å². The van der Waals surface area contributed by atoms with Gasteiger partial charge in [-0.05, 0) is 48.4 Å². The van der Waals surface area contributed by atoms with Crippen LogP contribution in [0.1, 0.15) is 21.5 Å². The second kappa shape index (κ2) is 12.4. The first-order chi connectivity index (χ1) is 19.5. The van der Waals surface area contributed by atoms with Crippen LogP contribution in [0.5, 0.6) is 5.75 Å². The number of piperazine rings is 1. The maximum absolute atomic E-state index is 13.5. The summed E-state index contributed by atoms with van der Waals surface area (Å²) < 4.78 is 5.31. The molecule has 0 spiro atoms. The molecule has 0 atom stereocenters. The van der Waals surface area contributed by atoms with Crippen molar-refractivity contribution in [1.82, 2.24) is 20.0 Å². The highest BCUT2D eigenvalue weighted by Crippen LogP contribution is 2.23. The number of rotatable bonds is 8. The molecule has 1 aliphatic rings. The zero-order valence-electron chi connectivity index (χ0n) is 22.9. The minimum absolute atomic E-state index is 0.0249. The average Bonchev–Trinajstić information content (AvgIpc) is 3.01. The van der Waals surface area contributed by atoms with Crippen molar-refractivity contribution in [2.24, 2.45) is 0 Å². The number of benzene rings is 3. The number of aromatic nitrogens is 2. The minimum Gasteiger partial charge on any atom is -0.497 e. The molecule has 5 rings (SSSR count). The van der Waals surface area contributed by atoms with E-state index in [0.29, 0.717) is 38.3 Å². The van der Waals surface area contributed by atoms with Crippen LogP contribution < -0.4 is 9.64 Å². The standard InChI is InChI=1S/C32H33N5O3/c1-24-9-6-7-14-28(24)32(39)37(22-25-10-4-3-5-11-25)23-31(38)36-19-17-35(18-20-36)30-16-15-29(33-34-30)26-12-8-13-27(21-26)40-2/h3-16,21H,17-20,22-23H2,1-2H3. The van der Waals surface area contributed by atoms with Crippen LogP contribution in [0, 0.1) is 6.92 Å². The smallest absolute Gasteiger partial charge is 0.254 e. The Morgan fingerprint density at radius 1 is 0.850 bits per heavy atom. The summed E-state index contributed by atoms with van der Waals surface area (Å²) >= 11 is 0. The molecule has 0 N–H and O–H groups in total. The molecule has 0 saturated carbocycles. The van der Waals surface area contributed by atoms with Gasteiger partial charge in [-0.25, -0.2) is 0 Å². The SMILES string of the molecule is COc1cccc(-c2ccc(N3CCN(C(=O)CN(Cc4ccccc4)C(=O)c4ccccc4C)CC3)nn2)c1. The first kappa shape index (κ1) is 26.9. The van der Waals surface area contributed by atoms with Crippen LogP contribution in [0.4, 0.5) is 5.82 Å². The third-order valence-corrected chi connectivity index (χ3v) is 7.18. The molecule has 2 amide bonds. The van der Waals surface area contributed by atoms with Crippen LogP contribution in [0.2, 0.25) is 0 Å². The molecular formula is C32H33N5O3. The Morgan fingerprint density at radius 3 is 2.30 bits per heavy atom.